The highest BCUT2D eigenvalue weighted by Crippen LogP contribution is 2.06. The maximum Gasteiger partial charge on any atom is 0.124 e. The first-order chi connectivity index (χ1) is 7.45. The minimum absolute atomic E-state index is 0.511. The Balaban J connectivity index is 3.34. The number of rotatable bonds is 9. The van der Waals surface area contributed by atoms with Gasteiger partial charge in [-0.3, -0.25) is 0 Å². The van der Waals surface area contributed by atoms with Crippen molar-refractivity contribution in [2.75, 3.05) is 0 Å². The quantitative estimate of drug-likeness (QED) is 0.392. The van der Waals surface area contributed by atoms with E-state index in [1.807, 2.05) is 0 Å². The molecule has 0 heterocycles. The summed E-state index contributed by atoms with van der Waals surface area (Å²) < 4.78 is 0. The first kappa shape index (κ1) is 14.9. The lowest BCUT2D eigenvalue weighted by Gasteiger charge is -2.10. The van der Waals surface area contributed by atoms with E-state index in [1.54, 1.807) is 0 Å². The second-order valence-electron chi connectivity index (χ2n) is 4.02. The summed E-state index contributed by atoms with van der Waals surface area (Å²) in [6.07, 6.45) is 4.32. The van der Waals surface area contributed by atoms with Crippen molar-refractivity contribution < 1.29 is 31.3 Å². The lowest BCUT2D eigenvalue weighted by Crippen LogP contribution is -2.68. The molecule has 0 aromatic rings. The van der Waals surface area contributed by atoms with Gasteiger partial charge in [0.25, 0.3) is 0 Å². The monoisotopic (exact) mass is 232 g/mol. The summed E-state index contributed by atoms with van der Waals surface area (Å²) >= 11 is 0. The van der Waals surface area contributed by atoms with Gasteiger partial charge in [-0.2, -0.15) is 0 Å². The maximum atomic E-state index is 10.3. The Morgan fingerprint density at radius 2 is 1.12 bits per heavy atom. The zero-order chi connectivity index (χ0) is 12.6. The van der Waals surface area contributed by atoms with Crippen LogP contribution < -0.4 is 21.7 Å². The molecule has 0 aliphatic rings. The minimum atomic E-state index is -1.12. The van der Waals surface area contributed by atoms with Crippen LogP contribution in [0.25, 0.3) is 0 Å². The van der Waals surface area contributed by atoms with Gasteiger partial charge in [-0.15, -0.1) is 0 Å². The predicted molar refractivity (Wildman–Crippen MR) is 51.1 cm³/mol. The van der Waals surface area contributed by atoms with E-state index in [-0.39, 0.29) is 0 Å². The van der Waals surface area contributed by atoms with Crippen LogP contribution in [0.15, 0.2) is 0 Å². The molecule has 6 nitrogen and oxygen atoms in total. The largest absolute Gasteiger partial charge is 0.544 e. The molecule has 0 fully saturated rings. The molecule has 0 saturated heterocycles. The number of hydrogen-bond donors (Lipinski definition) is 2. The Hall–Kier alpha value is -1.14. The van der Waals surface area contributed by atoms with Crippen LogP contribution in [-0.2, 0) is 9.59 Å². The molecular formula is C10H20N2O4. The lowest BCUT2D eigenvalue weighted by molar-refractivity contribution is -0.439. The van der Waals surface area contributed by atoms with E-state index < -0.39 is 24.0 Å². The minimum Gasteiger partial charge on any atom is -0.544 e. The number of carbonyl (C=O) groups excluding carboxylic acids is 2. The van der Waals surface area contributed by atoms with Gasteiger partial charge in [-0.25, -0.2) is 0 Å². The van der Waals surface area contributed by atoms with Gasteiger partial charge in [0.2, 0.25) is 0 Å². The molecule has 0 saturated carbocycles. The number of carboxylic acid groups (broad SMARTS) is 2. The normalized spacial score (nSPS) is 14.4. The number of quaternary nitrogens is 2. The van der Waals surface area contributed by atoms with Crippen molar-refractivity contribution in [3.63, 3.8) is 0 Å². The molecule has 94 valence electrons. The molecule has 0 aromatic heterocycles. The Morgan fingerprint density at radius 3 is 1.38 bits per heavy atom. The van der Waals surface area contributed by atoms with Gasteiger partial charge in [0.1, 0.15) is 12.1 Å². The summed E-state index contributed by atoms with van der Waals surface area (Å²) in [6, 6.07) is -1.30. The fraction of sp³-hybridized carbons (Fsp3) is 0.800. The second-order valence-corrected chi connectivity index (χ2v) is 4.02. The summed E-state index contributed by atoms with van der Waals surface area (Å²) in [5.41, 5.74) is 6.90. The van der Waals surface area contributed by atoms with Crippen LogP contribution in [-0.4, -0.2) is 24.0 Å². The van der Waals surface area contributed by atoms with Crippen LogP contribution in [0.1, 0.15) is 38.5 Å². The van der Waals surface area contributed by atoms with E-state index >= 15 is 0 Å². The van der Waals surface area contributed by atoms with Crippen LogP contribution in [0, 0.1) is 0 Å². The molecule has 0 radical (unpaired) electrons. The number of carboxylic acids is 2. The van der Waals surface area contributed by atoms with Gasteiger partial charge in [0.15, 0.2) is 0 Å². The van der Waals surface area contributed by atoms with Crippen LogP contribution in [0.5, 0.6) is 0 Å². The van der Waals surface area contributed by atoms with E-state index in [1.165, 1.54) is 0 Å². The first-order valence-electron chi connectivity index (χ1n) is 5.53. The average Bonchev–Trinajstić information content (AvgIpc) is 2.21. The van der Waals surface area contributed by atoms with Crippen molar-refractivity contribution in [2.45, 2.75) is 50.6 Å². The molecule has 0 aliphatic carbocycles. The van der Waals surface area contributed by atoms with Crippen LogP contribution >= 0.6 is 0 Å². The summed E-state index contributed by atoms with van der Waals surface area (Å²) in [5.74, 6) is -2.23. The van der Waals surface area contributed by atoms with Crippen LogP contribution in [0.2, 0.25) is 0 Å². The van der Waals surface area contributed by atoms with Gasteiger partial charge in [0, 0.05) is 12.8 Å². The Labute approximate surface area is 94.6 Å². The Morgan fingerprint density at radius 1 is 0.812 bits per heavy atom. The van der Waals surface area contributed by atoms with Gasteiger partial charge in [-0.1, -0.05) is 12.8 Å². The molecule has 16 heavy (non-hydrogen) atoms. The van der Waals surface area contributed by atoms with Crippen molar-refractivity contribution >= 4 is 11.9 Å². The van der Waals surface area contributed by atoms with Crippen molar-refractivity contribution in [3.8, 4) is 0 Å². The Bertz CT molecular complexity index is 209. The van der Waals surface area contributed by atoms with E-state index in [9.17, 15) is 19.8 Å². The van der Waals surface area contributed by atoms with E-state index in [2.05, 4.69) is 11.5 Å². The van der Waals surface area contributed by atoms with Crippen molar-refractivity contribution in [2.24, 2.45) is 0 Å². The smallest absolute Gasteiger partial charge is 0.124 e. The topological polar surface area (TPSA) is 136 Å². The van der Waals surface area contributed by atoms with Crippen LogP contribution in [0.3, 0.4) is 0 Å². The molecule has 0 aliphatic heterocycles. The lowest BCUT2D eigenvalue weighted by atomic mass is 10.0. The van der Waals surface area contributed by atoms with Crippen molar-refractivity contribution in [1.29, 1.82) is 0 Å². The summed E-state index contributed by atoms with van der Waals surface area (Å²) in [7, 11) is 0. The van der Waals surface area contributed by atoms with Crippen molar-refractivity contribution in [1.82, 2.24) is 0 Å². The predicted octanol–water partition coefficient (Wildman–Crippen LogP) is -3.95. The summed E-state index contributed by atoms with van der Waals surface area (Å²) in [4.78, 5) is 20.7. The van der Waals surface area contributed by atoms with Crippen LogP contribution in [0.4, 0.5) is 0 Å². The second kappa shape index (κ2) is 8.06. The average molecular weight is 232 g/mol. The molecule has 6 heteroatoms. The standard InChI is InChI=1S/C10H20N2O4/c11-7(9(13)14)5-3-1-2-4-6-8(12)10(15)16/h7-8H,1-6,11-12H2,(H,13,14)(H,15,16)/t7-,8-/m0/s1. The SMILES string of the molecule is [NH3+][C@@H](CCCCCC[C@H]([NH3+])C(=O)[O-])C(=O)[O-]. The van der Waals surface area contributed by atoms with E-state index in [0.717, 1.165) is 25.7 Å². The van der Waals surface area contributed by atoms with Gasteiger partial charge < -0.3 is 31.3 Å². The highest BCUT2D eigenvalue weighted by atomic mass is 16.4. The summed E-state index contributed by atoms with van der Waals surface area (Å²) in [5, 5.41) is 20.7. The summed E-state index contributed by atoms with van der Waals surface area (Å²) in [6.45, 7) is 0. The zero-order valence-electron chi connectivity index (χ0n) is 9.44. The maximum absolute atomic E-state index is 10.3. The van der Waals surface area contributed by atoms with E-state index in [4.69, 9.17) is 0 Å². The first-order valence-corrected chi connectivity index (χ1v) is 5.53. The fourth-order valence-corrected chi connectivity index (χ4v) is 1.37. The van der Waals surface area contributed by atoms with Crippen molar-refractivity contribution in [3.05, 3.63) is 0 Å². The number of carbonyl (C=O) groups is 2. The molecule has 0 spiro atoms. The van der Waals surface area contributed by atoms with Gasteiger partial charge in [0.05, 0.1) is 11.9 Å². The molecule has 0 amide bonds. The van der Waals surface area contributed by atoms with E-state index in [0.29, 0.717) is 12.8 Å². The zero-order valence-corrected chi connectivity index (χ0v) is 9.44. The molecule has 0 unspecified atom stereocenters. The number of hydrogen-bond acceptors (Lipinski definition) is 4. The third-order valence-corrected chi connectivity index (χ3v) is 2.52. The number of unbranched alkanes of at least 4 members (excludes halogenated alkanes) is 3. The molecular weight excluding hydrogens is 212 g/mol. The fourth-order valence-electron chi connectivity index (χ4n) is 1.37. The van der Waals surface area contributed by atoms with Gasteiger partial charge >= 0.3 is 0 Å². The molecule has 2 atom stereocenters. The Kier molecular flexibility index (Phi) is 7.49. The highest BCUT2D eigenvalue weighted by Gasteiger charge is 2.08. The molecule has 0 rings (SSSR count). The molecule has 0 aromatic carbocycles. The third-order valence-electron chi connectivity index (χ3n) is 2.52. The highest BCUT2D eigenvalue weighted by molar-refractivity contribution is 5.69. The van der Waals surface area contributed by atoms with Gasteiger partial charge in [-0.05, 0) is 12.8 Å². The third kappa shape index (κ3) is 7.19. The molecule has 0 bridgehead atoms. The molecule has 6 N–H and O–H groups in total. The number of aliphatic carboxylic acids is 2.